The van der Waals surface area contributed by atoms with Crippen molar-refractivity contribution in [2.24, 2.45) is 0 Å². The number of hydrogen-bond donors (Lipinski definition) is 1. The monoisotopic (exact) mass is 311 g/mol. The van der Waals surface area contributed by atoms with Crippen molar-refractivity contribution in [1.82, 2.24) is 15.0 Å². The Bertz CT molecular complexity index is 794. The largest absolute Gasteiger partial charge is 0.488 e. The summed E-state index contributed by atoms with van der Waals surface area (Å²) in [4.78, 5) is 1.59. The van der Waals surface area contributed by atoms with Gasteiger partial charge in [-0.1, -0.05) is 18.2 Å². The molecular weight excluding hydrogens is 294 g/mol. The van der Waals surface area contributed by atoms with Gasteiger partial charge in [0.05, 0.1) is 6.61 Å². The molecule has 1 unspecified atom stereocenters. The molecule has 0 amide bonds. The van der Waals surface area contributed by atoms with Crippen LogP contribution in [0, 0.1) is 0 Å². The van der Waals surface area contributed by atoms with E-state index in [1.165, 1.54) is 0 Å². The molecule has 1 aliphatic heterocycles. The van der Waals surface area contributed by atoms with Crippen molar-refractivity contribution >= 4 is 11.0 Å². The average Bonchev–Trinajstić information content (AvgIpc) is 3.30. The Labute approximate surface area is 133 Å². The molecule has 1 fully saturated rings. The summed E-state index contributed by atoms with van der Waals surface area (Å²) in [7, 11) is 0. The highest BCUT2D eigenvalue weighted by molar-refractivity contribution is 5.73. The SMILES string of the molecule is OCCc1ccc(OCC2CO2)c(-n2nc3ccccc3n2)c1. The lowest BCUT2D eigenvalue weighted by Gasteiger charge is -2.11. The summed E-state index contributed by atoms with van der Waals surface area (Å²) in [6.45, 7) is 1.37. The molecule has 1 saturated heterocycles. The standard InChI is InChI=1S/C17H17N3O3/c21-8-7-12-5-6-17(23-11-13-10-22-13)16(9-12)20-18-14-3-1-2-4-15(14)19-20/h1-6,9,13,21H,7-8,10-11H2. The number of aliphatic hydroxyl groups is 1. The van der Waals surface area contributed by atoms with Gasteiger partial charge in [-0.2, -0.15) is 0 Å². The van der Waals surface area contributed by atoms with E-state index in [9.17, 15) is 0 Å². The highest BCUT2D eigenvalue weighted by Crippen LogP contribution is 2.26. The van der Waals surface area contributed by atoms with Gasteiger partial charge in [0.2, 0.25) is 0 Å². The third-order valence-electron chi connectivity index (χ3n) is 3.75. The van der Waals surface area contributed by atoms with Gasteiger partial charge < -0.3 is 14.6 Å². The van der Waals surface area contributed by atoms with E-state index >= 15 is 0 Å². The Hall–Kier alpha value is -2.44. The third-order valence-corrected chi connectivity index (χ3v) is 3.75. The van der Waals surface area contributed by atoms with Gasteiger partial charge in [-0.3, -0.25) is 0 Å². The smallest absolute Gasteiger partial charge is 0.146 e. The molecule has 0 radical (unpaired) electrons. The maximum absolute atomic E-state index is 9.16. The lowest BCUT2D eigenvalue weighted by atomic mass is 10.1. The van der Waals surface area contributed by atoms with Crippen molar-refractivity contribution in [1.29, 1.82) is 0 Å². The number of rotatable bonds is 6. The predicted molar refractivity (Wildman–Crippen MR) is 84.9 cm³/mol. The molecule has 1 aromatic heterocycles. The van der Waals surface area contributed by atoms with Gasteiger partial charge in [0.15, 0.2) is 0 Å². The second kappa shape index (κ2) is 5.98. The van der Waals surface area contributed by atoms with Crippen LogP contribution in [0.4, 0.5) is 0 Å². The first kappa shape index (κ1) is 14.2. The molecule has 23 heavy (non-hydrogen) atoms. The fourth-order valence-electron chi connectivity index (χ4n) is 2.44. The zero-order valence-electron chi connectivity index (χ0n) is 12.6. The zero-order valence-corrected chi connectivity index (χ0v) is 12.6. The van der Waals surface area contributed by atoms with Gasteiger partial charge in [0.1, 0.15) is 35.2 Å². The van der Waals surface area contributed by atoms with E-state index in [-0.39, 0.29) is 12.7 Å². The van der Waals surface area contributed by atoms with Gasteiger partial charge >= 0.3 is 0 Å². The first-order valence-electron chi connectivity index (χ1n) is 7.64. The average molecular weight is 311 g/mol. The van der Waals surface area contributed by atoms with Crippen LogP contribution in [0.25, 0.3) is 16.7 Å². The van der Waals surface area contributed by atoms with Gasteiger partial charge in [0.25, 0.3) is 0 Å². The quantitative estimate of drug-likeness (QED) is 0.702. The second-order valence-corrected chi connectivity index (χ2v) is 5.52. The molecule has 1 atom stereocenters. The molecule has 4 rings (SSSR count). The van der Waals surface area contributed by atoms with Crippen LogP contribution in [0.3, 0.4) is 0 Å². The first-order valence-corrected chi connectivity index (χ1v) is 7.64. The van der Waals surface area contributed by atoms with Crippen LogP contribution in [-0.4, -0.2) is 46.0 Å². The molecular formula is C17H17N3O3. The number of aromatic nitrogens is 3. The molecule has 0 spiro atoms. The van der Waals surface area contributed by atoms with E-state index in [1.807, 2.05) is 42.5 Å². The molecule has 2 heterocycles. The molecule has 1 N–H and O–H groups in total. The molecule has 0 saturated carbocycles. The summed E-state index contributed by atoms with van der Waals surface area (Å²) in [6, 6.07) is 13.5. The van der Waals surface area contributed by atoms with Crippen LogP contribution in [0.1, 0.15) is 5.56 Å². The Kier molecular flexibility index (Phi) is 3.69. The Morgan fingerprint density at radius 3 is 2.57 bits per heavy atom. The Balaban J connectivity index is 1.73. The maximum Gasteiger partial charge on any atom is 0.146 e. The van der Waals surface area contributed by atoms with Crippen molar-refractivity contribution in [2.75, 3.05) is 19.8 Å². The minimum atomic E-state index is 0.101. The number of benzene rings is 2. The summed E-state index contributed by atoms with van der Waals surface area (Å²) in [5.74, 6) is 0.711. The summed E-state index contributed by atoms with van der Waals surface area (Å²) >= 11 is 0. The van der Waals surface area contributed by atoms with E-state index in [2.05, 4.69) is 10.2 Å². The molecule has 118 valence electrons. The van der Waals surface area contributed by atoms with E-state index in [1.54, 1.807) is 4.80 Å². The zero-order chi connectivity index (χ0) is 15.6. The third kappa shape index (κ3) is 3.04. The van der Waals surface area contributed by atoms with Crippen LogP contribution >= 0.6 is 0 Å². The van der Waals surface area contributed by atoms with Crippen LogP contribution < -0.4 is 4.74 Å². The van der Waals surface area contributed by atoms with Crippen molar-refractivity contribution < 1.29 is 14.6 Å². The van der Waals surface area contributed by atoms with E-state index in [4.69, 9.17) is 14.6 Å². The van der Waals surface area contributed by atoms with Crippen molar-refractivity contribution in [3.05, 3.63) is 48.0 Å². The first-order chi connectivity index (χ1) is 11.3. The van der Waals surface area contributed by atoms with Crippen LogP contribution in [0.2, 0.25) is 0 Å². The number of fused-ring (bicyclic) bond motifs is 1. The highest BCUT2D eigenvalue weighted by atomic mass is 16.6. The normalized spacial score (nSPS) is 16.7. The second-order valence-electron chi connectivity index (χ2n) is 5.52. The minimum Gasteiger partial charge on any atom is -0.488 e. The molecule has 6 heteroatoms. The number of ether oxygens (including phenoxy) is 2. The molecule has 2 aromatic carbocycles. The van der Waals surface area contributed by atoms with Crippen molar-refractivity contribution in [3.63, 3.8) is 0 Å². The number of nitrogens with zero attached hydrogens (tertiary/aromatic N) is 3. The Morgan fingerprint density at radius 2 is 1.91 bits per heavy atom. The molecule has 0 aliphatic carbocycles. The number of hydrogen-bond acceptors (Lipinski definition) is 5. The molecule has 3 aromatic rings. The van der Waals surface area contributed by atoms with Crippen molar-refractivity contribution in [3.8, 4) is 11.4 Å². The Morgan fingerprint density at radius 1 is 1.17 bits per heavy atom. The maximum atomic E-state index is 9.16. The topological polar surface area (TPSA) is 72.7 Å². The molecule has 6 nitrogen and oxygen atoms in total. The van der Waals surface area contributed by atoms with Gasteiger partial charge in [-0.25, -0.2) is 0 Å². The van der Waals surface area contributed by atoms with Crippen LogP contribution in [0.15, 0.2) is 42.5 Å². The summed E-state index contributed by atoms with van der Waals surface area (Å²) < 4.78 is 11.0. The summed E-state index contributed by atoms with van der Waals surface area (Å²) in [6.07, 6.45) is 0.768. The lowest BCUT2D eigenvalue weighted by molar-refractivity contribution is 0.261. The minimum absolute atomic E-state index is 0.101. The number of aliphatic hydroxyl groups excluding tert-OH is 1. The summed E-state index contributed by atoms with van der Waals surface area (Å²) in [5.41, 5.74) is 3.44. The van der Waals surface area contributed by atoms with Crippen molar-refractivity contribution in [2.45, 2.75) is 12.5 Å². The van der Waals surface area contributed by atoms with E-state index < -0.39 is 0 Å². The van der Waals surface area contributed by atoms with Gasteiger partial charge in [-0.15, -0.1) is 15.0 Å². The highest BCUT2D eigenvalue weighted by Gasteiger charge is 2.24. The fourth-order valence-corrected chi connectivity index (χ4v) is 2.44. The summed E-state index contributed by atoms with van der Waals surface area (Å²) in [5, 5.41) is 18.2. The fraction of sp³-hybridized carbons (Fsp3) is 0.294. The van der Waals surface area contributed by atoms with Crippen LogP contribution in [-0.2, 0) is 11.2 Å². The molecule has 1 aliphatic rings. The number of epoxide rings is 1. The van der Waals surface area contributed by atoms with Gasteiger partial charge in [-0.05, 0) is 36.2 Å². The van der Waals surface area contributed by atoms with Crippen LogP contribution in [0.5, 0.6) is 5.75 Å². The van der Waals surface area contributed by atoms with E-state index in [0.29, 0.717) is 18.8 Å². The van der Waals surface area contributed by atoms with Gasteiger partial charge in [0, 0.05) is 6.61 Å². The lowest BCUT2D eigenvalue weighted by Crippen LogP contribution is -2.09. The molecule has 0 bridgehead atoms. The van der Waals surface area contributed by atoms with E-state index in [0.717, 1.165) is 28.9 Å². The predicted octanol–water partition coefficient (Wildman–Crippen LogP) is 1.73.